The molecule has 0 aliphatic heterocycles. The molecule has 15 heavy (non-hydrogen) atoms. The largest absolute Gasteiger partial charge is 0.428 e. The maximum atomic E-state index is 5.74. The van der Waals surface area contributed by atoms with Crippen LogP contribution >= 0.6 is 0 Å². The van der Waals surface area contributed by atoms with E-state index in [0.717, 1.165) is 12.5 Å². The monoisotopic (exact) mass is 231 g/mol. The molecule has 0 aromatic carbocycles. The van der Waals surface area contributed by atoms with Crippen molar-refractivity contribution in [2.24, 2.45) is 5.92 Å². The molecule has 0 aromatic rings. The predicted molar refractivity (Wildman–Crippen MR) is 64.8 cm³/mol. The van der Waals surface area contributed by atoms with Crippen LogP contribution in [-0.2, 0) is 8.85 Å². The minimum atomic E-state index is -2.16. The second-order valence-corrected chi connectivity index (χ2v) is 7.72. The second-order valence-electron chi connectivity index (χ2n) is 4.47. The first-order chi connectivity index (χ1) is 7.20. The van der Waals surface area contributed by atoms with Gasteiger partial charge in [0.1, 0.15) is 0 Å². The number of hydrogen-bond acceptors (Lipinski definition) is 3. The van der Waals surface area contributed by atoms with Gasteiger partial charge in [-0.25, -0.2) is 0 Å². The Kier molecular flexibility index (Phi) is 5.25. The van der Waals surface area contributed by atoms with E-state index < -0.39 is 8.72 Å². The summed E-state index contributed by atoms with van der Waals surface area (Å²) in [6.07, 6.45) is 5.25. The quantitative estimate of drug-likeness (QED) is 0.737. The third kappa shape index (κ3) is 2.81. The Morgan fingerprint density at radius 3 is 2.27 bits per heavy atom. The molecule has 1 fully saturated rings. The van der Waals surface area contributed by atoms with Gasteiger partial charge in [0, 0.05) is 19.8 Å². The maximum absolute atomic E-state index is 5.74. The fourth-order valence-corrected chi connectivity index (χ4v) is 6.10. The van der Waals surface area contributed by atoms with E-state index in [1.54, 1.807) is 14.2 Å². The number of hydrogen-bond donors (Lipinski definition) is 1. The van der Waals surface area contributed by atoms with Crippen molar-refractivity contribution in [1.82, 2.24) is 4.98 Å². The van der Waals surface area contributed by atoms with Crippen molar-refractivity contribution >= 4 is 8.72 Å². The molecule has 0 bridgehead atoms. The summed E-state index contributed by atoms with van der Waals surface area (Å²) >= 11 is 0. The third-order valence-corrected chi connectivity index (χ3v) is 7.52. The van der Waals surface area contributed by atoms with Crippen LogP contribution in [0.2, 0.25) is 5.54 Å². The molecule has 1 rings (SSSR count). The molecule has 90 valence electrons. The fourth-order valence-electron chi connectivity index (χ4n) is 2.79. The summed E-state index contributed by atoms with van der Waals surface area (Å²) in [4.78, 5) is 3.49. The summed E-state index contributed by atoms with van der Waals surface area (Å²) in [5, 5.41) is 0. The highest BCUT2D eigenvalue weighted by Crippen LogP contribution is 2.40. The summed E-state index contributed by atoms with van der Waals surface area (Å²) in [6.45, 7) is 5.38. The lowest BCUT2D eigenvalue weighted by Crippen LogP contribution is -2.60. The van der Waals surface area contributed by atoms with E-state index >= 15 is 0 Å². The van der Waals surface area contributed by atoms with Gasteiger partial charge in [0.2, 0.25) is 0 Å². The zero-order valence-corrected chi connectivity index (χ0v) is 11.5. The van der Waals surface area contributed by atoms with Crippen molar-refractivity contribution in [1.29, 1.82) is 0 Å². The van der Waals surface area contributed by atoms with Gasteiger partial charge in [-0.2, -0.15) is 0 Å². The number of rotatable bonds is 5. The molecule has 0 amide bonds. The van der Waals surface area contributed by atoms with E-state index in [1.807, 2.05) is 0 Å². The molecular weight excluding hydrogens is 206 g/mol. The third-order valence-electron chi connectivity index (χ3n) is 3.63. The van der Waals surface area contributed by atoms with Gasteiger partial charge in [0.15, 0.2) is 0 Å². The number of nitrogens with one attached hydrogen (secondary N) is 1. The molecule has 0 radical (unpaired) electrons. The molecule has 1 aliphatic carbocycles. The molecule has 1 saturated carbocycles. The van der Waals surface area contributed by atoms with E-state index in [2.05, 4.69) is 18.8 Å². The predicted octanol–water partition coefficient (Wildman–Crippen LogP) is 2.41. The van der Waals surface area contributed by atoms with Gasteiger partial charge in [0.05, 0.1) is 0 Å². The molecule has 4 heteroatoms. The van der Waals surface area contributed by atoms with Gasteiger partial charge >= 0.3 is 8.72 Å². The minimum absolute atomic E-state index is 0.598. The van der Waals surface area contributed by atoms with Crippen molar-refractivity contribution in [2.75, 3.05) is 20.8 Å². The normalized spacial score (nSPS) is 28.0. The molecule has 1 aliphatic rings. The Bertz CT molecular complexity index is 185. The topological polar surface area (TPSA) is 30.5 Å². The van der Waals surface area contributed by atoms with Gasteiger partial charge in [0.25, 0.3) is 0 Å². The Balaban J connectivity index is 2.75. The Morgan fingerprint density at radius 1 is 1.20 bits per heavy atom. The molecule has 3 nitrogen and oxygen atoms in total. The van der Waals surface area contributed by atoms with E-state index in [-0.39, 0.29) is 0 Å². The van der Waals surface area contributed by atoms with Crippen molar-refractivity contribution < 1.29 is 8.85 Å². The van der Waals surface area contributed by atoms with Crippen LogP contribution < -0.4 is 4.98 Å². The second kappa shape index (κ2) is 5.99. The zero-order chi connectivity index (χ0) is 11.3. The van der Waals surface area contributed by atoms with Crippen LogP contribution in [0.4, 0.5) is 0 Å². The standard InChI is InChI=1S/C11H25NO2Si/c1-5-12-15(13-3,14-4)11-9-7-6-8-10(11)2/h10-12H,5-9H2,1-4H3. The molecule has 0 heterocycles. The minimum Gasteiger partial charge on any atom is -0.386 e. The highest BCUT2D eigenvalue weighted by Gasteiger charge is 2.47. The molecule has 0 aromatic heterocycles. The molecule has 1 N–H and O–H groups in total. The van der Waals surface area contributed by atoms with Crippen molar-refractivity contribution in [3.8, 4) is 0 Å². The van der Waals surface area contributed by atoms with Crippen molar-refractivity contribution in [3.05, 3.63) is 0 Å². The van der Waals surface area contributed by atoms with Crippen LogP contribution in [0.15, 0.2) is 0 Å². The van der Waals surface area contributed by atoms with Crippen LogP contribution in [0.5, 0.6) is 0 Å². The van der Waals surface area contributed by atoms with Gasteiger partial charge < -0.3 is 8.85 Å². The lowest BCUT2D eigenvalue weighted by Gasteiger charge is -2.40. The van der Waals surface area contributed by atoms with Crippen LogP contribution in [0.1, 0.15) is 39.5 Å². The first-order valence-corrected chi connectivity index (χ1v) is 7.95. The van der Waals surface area contributed by atoms with Crippen LogP contribution in [0.25, 0.3) is 0 Å². The maximum Gasteiger partial charge on any atom is 0.428 e. The van der Waals surface area contributed by atoms with Gasteiger partial charge in [-0.15, -0.1) is 0 Å². The average Bonchev–Trinajstić information content (AvgIpc) is 2.27. The van der Waals surface area contributed by atoms with Crippen molar-refractivity contribution in [2.45, 2.75) is 45.1 Å². The van der Waals surface area contributed by atoms with Crippen molar-refractivity contribution in [3.63, 3.8) is 0 Å². The Morgan fingerprint density at radius 2 is 1.80 bits per heavy atom. The van der Waals surface area contributed by atoms with E-state index in [0.29, 0.717) is 5.54 Å². The van der Waals surface area contributed by atoms with Gasteiger partial charge in [-0.1, -0.05) is 33.1 Å². The first-order valence-electron chi connectivity index (χ1n) is 6.05. The van der Waals surface area contributed by atoms with Crippen LogP contribution in [0, 0.1) is 5.92 Å². The summed E-state index contributed by atoms with van der Waals surface area (Å²) in [5.74, 6) is 0.726. The summed E-state index contributed by atoms with van der Waals surface area (Å²) in [5.41, 5.74) is 0.598. The lowest BCUT2D eigenvalue weighted by molar-refractivity contribution is 0.187. The highest BCUT2D eigenvalue weighted by molar-refractivity contribution is 6.66. The van der Waals surface area contributed by atoms with E-state index in [1.165, 1.54) is 25.7 Å². The SMILES string of the molecule is CCN[Si](OC)(OC)C1CCCCC1C. The van der Waals surface area contributed by atoms with Gasteiger partial charge in [-0.3, -0.25) is 4.98 Å². The van der Waals surface area contributed by atoms with Crippen LogP contribution in [0.3, 0.4) is 0 Å². The Hall–Kier alpha value is 0.0969. The smallest absolute Gasteiger partial charge is 0.386 e. The summed E-state index contributed by atoms with van der Waals surface area (Å²) in [6, 6.07) is 0. The van der Waals surface area contributed by atoms with Gasteiger partial charge in [-0.05, 0) is 18.9 Å². The zero-order valence-electron chi connectivity index (χ0n) is 10.5. The van der Waals surface area contributed by atoms with E-state index in [4.69, 9.17) is 8.85 Å². The first kappa shape index (κ1) is 13.2. The molecule has 0 saturated heterocycles. The lowest BCUT2D eigenvalue weighted by atomic mass is 9.90. The molecule has 2 atom stereocenters. The molecule has 0 spiro atoms. The average molecular weight is 231 g/mol. The fraction of sp³-hybridized carbons (Fsp3) is 1.00. The molecule has 2 unspecified atom stereocenters. The van der Waals surface area contributed by atoms with E-state index in [9.17, 15) is 0 Å². The van der Waals surface area contributed by atoms with Crippen LogP contribution in [-0.4, -0.2) is 29.5 Å². The Labute approximate surface area is 94.9 Å². The highest BCUT2D eigenvalue weighted by atomic mass is 28.4. The summed E-state index contributed by atoms with van der Waals surface area (Å²) in [7, 11) is 1.43. The molecular formula is C11H25NO2Si. The summed E-state index contributed by atoms with van der Waals surface area (Å²) < 4.78 is 11.5.